The normalized spacial score (nSPS) is 17.9. The first-order chi connectivity index (χ1) is 14.8. The van der Waals surface area contributed by atoms with Crippen molar-refractivity contribution in [2.45, 2.75) is 45.3 Å². The molecule has 166 valence electrons. The molecule has 3 rings (SSSR count). The molecule has 0 radical (unpaired) electrons. The number of likely N-dealkylation sites (N-methyl/N-ethyl adjacent to an activating group) is 1. The van der Waals surface area contributed by atoms with Crippen LogP contribution in [0.1, 0.15) is 36.5 Å². The molecule has 0 unspecified atom stereocenters. The van der Waals surface area contributed by atoms with E-state index >= 15 is 0 Å². The molecule has 1 N–H and O–H groups in total. The average molecular weight is 424 g/mol. The maximum atomic E-state index is 13.4. The lowest BCUT2D eigenvalue weighted by Crippen LogP contribution is -2.54. The second-order valence-electron chi connectivity index (χ2n) is 8.66. The van der Waals surface area contributed by atoms with E-state index in [-0.39, 0.29) is 23.8 Å². The third kappa shape index (κ3) is 5.64. The van der Waals surface area contributed by atoms with Crippen molar-refractivity contribution in [1.82, 2.24) is 15.1 Å². The summed E-state index contributed by atoms with van der Waals surface area (Å²) in [4.78, 5) is 30.2. The molecular formula is C25H33N3O3. The maximum Gasteiger partial charge on any atom is 0.245 e. The van der Waals surface area contributed by atoms with Crippen molar-refractivity contribution < 1.29 is 14.3 Å². The molecule has 0 aromatic heterocycles. The minimum atomic E-state index is -0.629. The van der Waals surface area contributed by atoms with Crippen LogP contribution in [0.3, 0.4) is 0 Å². The summed E-state index contributed by atoms with van der Waals surface area (Å²) in [6.07, 6.45) is 0. The summed E-state index contributed by atoms with van der Waals surface area (Å²) < 4.78 is 6.00. The van der Waals surface area contributed by atoms with E-state index in [4.69, 9.17) is 4.74 Å². The zero-order valence-corrected chi connectivity index (χ0v) is 19.1. The van der Waals surface area contributed by atoms with E-state index in [2.05, 4.69) is 5.32 Å². The highest BCUT2D eigenvalue weighted by molar-refractivity contribution is 5.90. The minimum absolute atomic E-state index is 0.100. The van der Waals surface area contributed by atoms with Gasteiger partial charge in [0.05, 0.1) is 12.0 Å². The largest absolute Gasteiger partial charge is 0.491 e. The summed E-state index contributed by atoms with van der Waals surface area (Å²) in [7, 11) is 3.96. The zero-order valence-electron chi connectivity index (χ0n) is 19.1. The number of ether oxygens (including phenoxy) is 1. The van der Waals surface area contributed by atoms with E-state index in [1.165, 1.54) is 0 Å². The molecule has 6 heteroatoms. The Bertz CT molecular complexity index is 910. The topological polar surface area (TPSA) is 61.9 Å². The van der Waals surface area contributed by atoms with E-state index in [0.717, 1.165) is 22.4 Å². The summed E-state index contributed by atoms with van der Waals surface area (Å²) in [5.74, 6) is 0.227. The van der Waals surface area contributed by atoms with Gasteiger partial charge in [0.25, 0.3) is 0 Å². The number of nitrogens with zero attached hydrogens (tertiary/aromatic N) is 2. The van der Waals surface area contributed by atoms with E-state index in [1.54, 1.807) is 6.92 Å². The van der Waals surface area contributed by atoms with Crippen LogP contribution in [-0.2, 0) is 16.1 Å². The Morgan fingerprint density at radius 2 is 1.81 bits per heavy atom. The van der Waals surface area contributed by atoms with E-state index in [1.807, 2.05) is 86.3 Å². The summed E-state index contributed by atoms with van der Waals surface area (Å²) in [6, 6.07) is 15.0. The summed E-state index contributed by atoms with van der Waals surface area (Å²) >= 11 is 0. The molecule has 1 heterocycles. The lowest BCUT2D eigenvalue weighted by molar-refractivity contribution is -0.139. The Labute approximate surface area is 185 Å². The van der Waals surface area contributed by atoms with Crippen molar-refractivity contribution in [3.05, 3.63) is 65.2 Å². The highest BCUT2D eigenvalue weighted by Crippen LogP contribution is 2.25. The van der Waals surface area contributed by atoms with Gasteiger partial charge < -0.3 is 19.9 Å². The molecule has 6 nitrogen and oxygen atoms in total. The van der Waals surface area contributed by atoms with E-state index in [0.29, 0.717) is 19.7 Å². The lowest BCUT2D eigenvalue weighted by Gasteiger charge is -2.33. The molecular weight excluding hydrogens is 390 g/mol. The predicted octanol–water partition coefficient (Wildman–Crippen LogP) is 2.95. The van der Waals surface area contributed by atoms with Crippen LogP contribution < -0.4 is 10.1 Å². The number of carbonyl (C=O) groups is 2. The fourth-order valence-corrected chi connectivity index (χ4v) is 3.85. The van der Waals surface area contributed by atoms with E-state index < -0.39 is 6.04 Å². The molecule has 3 atom stereocenters. The van der Waals surface area contributed by atoms with Crippen LogP contribution in [0, 0.1) is 6.92 Å². The fraction of sp³-hybridized carbons (Fsp3) is 0.440. The first kappa shape index (κ1) is 22.8. The van der Waals surface area contributed by atoms with Crippen LogP contribution in [-0.4, -0.2) is 60.9 Å². The number of carbonyl (C=O) groups excluding carboxylic acids is 2. The van der Waals surface area contributed by atoms with Gasteiger partial charge in [-0.05, 0) is 46.5 Å². The Hall–Kier alpha value is -2.86. The molecule has 2 amide bonds. The molecule has 2 aromatic rings. The number of hydrogen-bond acceptors (Lipinski definition) is 4. The molecule has 31 heavy (non-hydrogen) atoms. The van der Waals surface area contributed by atoms with Gasteiger partial charge in [0.15, 0.2) is 0 Å². The second-order valence-corrected chi connectivity index (χ2v) is 8.66. The van der Waals surface area contributed by atoms with Crippen LogP contribution in [0.15, 0.2) is 48.5 Å². The Morgan fingerprint density at radius 1 is 1.13 bits per heavy atom. The van der Waals surface area contributed by atoms with Gasteiger partial charge in [-0.2, -0.15) is 0 Å². The van der Waals surface area contributed by atoms with Crippen molar-refractivity contribution in [3.63, 3.8) is 0 Å². The lowest BCUT2D eigenvalue weighted by atomic mass is 9.99. The third-order valence-corrected chi connectivity index (χ3v) is 5.74. The minimum Gasteiger partial charge on any atom is -0.491 e. The van der Waals surface area contributed by atoms with Crippen molar-refractivity contribution in [2.75, 3.05) is 27.2 Å². The Kier molecular flexibility index (Phi) is 7.33. The number of amides is 2. The smallest absolute Gasteiger partial charge is 0.245 e. The highest BCUT2D eigenvalue weighted by Gasteiger charge is 2.32. The van der Waals surface area contributed by atoms with Crippen LogP contribution in [0.5, 0.6) is 5.75 Å². The molecule has 0 bridgehead atoms. The number of para-hydroxylation sites is 1. The van der Waals surface area contributed by atoms with E-state index in [9.17, 15) is 9.59 Å². The first-order valence-electron chi connectivity index (χ1n) is 10.8. The van der Waals surface area contributed by atoms with Crippen LogP contribution >= 0.6 is 0 Å². The summed E-state index contributed by atoms with van der Waals surface area (Å²) in [5.41, 5.74) is 3.06. The van der Waals surface area contributed by atoms with Crippen LogP contribution in [0.4, 0.5) is 0 Å². The van der Waals surface area contributed by atoms with Gasteiger partial charge in [-0.1, -0.05) is 48.0 Å². The Balaban J connectivity index is 1.74. The third-order valence-electron chi connectivity index (χ3n) is 5.74. The monoisotopic (exact) mass is 423 g/mol. The van der Waals surface area contributed by atoms with Crippen molar-refractivity contribution in [2.24, 2.45) is 0 Å². The van der Waals surface area contributed by atoms with Gasteiger partial charge in [0.1, 0.15) is 18.4 Å². The molecule has 1 aliphatic rings. The number of nitrogens with one attached hydrogen (secondary N) is 1. The van der Waals surface area contributed by atoms with Crippen molar-refractivity contribution in [1.29, 1.82) is 0 Å². The van der Waals surface area contributed by atoms with Crippen molar-refractivity contribution in [3.8, 4) is 5.75 Å². The second kappa shape index (κ2) is 9.96. The molecule has 0 fully saturated rings. The highest BCUT2D eigenvalue weighted by atomic mass is 16.5. The molecule has 0 aliphatic carbocycles. The molecule has 2 aromatic carbocycles. The number of fused-ring (bicyclic) bond motifs is 1. The summed E-state index contributed by atoms with van der Waals surface area (Å²) in [6.45, 7) is 7.19. The molecule has 1 aliphatic heterocycles. The average Bonchev–Trinajstić information content (AvgIpc) is 2.92. The number of aryl methyl sites for hydroxylation is 1. The van der Waals surface area contributed by atoms with Crippen molar-refractivity contribution >= 4 is 11.8 Å². The van der Waals surface area contributed by atoms with Gasteiger partial charge in [0, 0.05) is 18.7 Å². The maximum absolute atomic E-state index is 13.4. The van der Waals surface area contributed by atoms with Crippen LogP contribution in [0.25, 0.3) is 0 Å². The number of rotatable bonds is 6. The molecule has 0 spiro atoms. The number of hydrogen-bond donors (Lipinski definition) is 1. The SMILES string of the molecule is Cc1ccc([C@H](C)C(=O)N[C@H](C)C(=O)N2Cc3ccccc3OC[C@@H]2CN(C)C)cc1. The van der Waals surface area contributed by atoms with Gasteiger partial charge >= 0.3 is 0 Å². The van der Waals surface area contributed by atoms with Crippen LogP contribution in [0.2, 0.25) is 0 Å². The predicted molar refractivity (Wildman–Crippen MR) is 122 cm³/mol. The quantitative estimate of drug-likeness (QED) is 0.776. The zero-order chi connectivity index (χ0) is 22.5. The Morgan fingerprint density at radius 3 is 2.48 bits per heavy atom. The summed E-state index contributed by atoms with van der Waals surface area (Å²) in [5, 5.41) is 2.92. The standard InChI is InChI=1S/C25H33N3O3/c1-17-10-12-20(13-11-17)18(2)24(29)26-19(3)25(30)28-14-21-8-6-7-9-23(21)31-16-22(28)15-27(4)5/h6-13,18-19,22H,14-16H2,1-5H3,(H,26,29)/t18-,19+,22-/m0/s1. The van der Waals surface area contributed by atoms with Gasteiger partial charge in [-0.15, -0.1) is 0 Å². The molecule has 0 saturated heterocycles. The molecule has 0 saturated carbocycles. The van der Waals surface area contributed by atoms with Gasteiger partial charge in [0.2, 0.25) is 11.8 Å². The van der Waals surface area contributed by atoms with Gasteiger partial charge in [-0.25, -0.2) is 0 Å². The fourth-order valence-electron chi connectivity index (χ4n) is 3.85. The number of benzene rings is 2. The van der Waals surface area contributed by atoms with Gasteiger partial charge in [-0.3, -0.25) is 9.59 Å². The first-order valence-corrected chi connectivity index (χ1v) is 10.8.